The minimum Gasteiger partial charge on any atom is -0.480 e. The van der Waals surface area contributed by atoms with Gasteiger partial charge in [-0.05, 0) is 36.6 Å². The van der Waals surface area contributed by atoms with Gasteiger partial charge in [-0.3, -0.25) is 10.1 Å². The van der Waals surface area contributed by atoms with Gasteiger partial charge in [0.05, 0.1) is 6.10 Å². The van der Waals surface area contributed by atoms with Gasteiger partial charge in [0, 0.05) is 18.2 Å². The summed E-state index contributed by atoms with van der Waals surface area (Å²) >= 11 is 5.74. The van der Waals surface area contributed by atoms with Crippen LogP contribution < -0.4 is 5.32 Å². The normalized spacial score (nSPS) is 20.4. The van der Waals surface area contributed by atoms with Crippen molar-refractivity contribution in [2.45, 2.75) is 25.0 Å². The zero-order valence-corrected chi connectivity index (χ0v) is 11.0. The minimum absolute atomic E-state index is 0.0193. The first-order chi connectivity index (χ1) is 9.06. The number of nitrogens with one attached hydrogen (secondary N) is 1. The van der Waals surface area contributed by atoms with E-state index in [1.54, 1.807) is 0 Å². The molecule has 19 heavy (non-hydrogen) atoms. The molecule has 2 N–H and O–H groups in total. The van der Waals surface area contributed by atoms with Crippen molar-refractivity contribution in [1.82, 2.24) is 5.32 Å². The molecule has 104 valence electrons. The van der Waals surface area contributed by atoms with Crippen LogP contribution in [0.3, 0.4) is 0 Å². The summed E-state index contributed by atoms with van der Waals surface area (Å²) in [5, 5.41) is 12.3. The summed E-state index contributed by atoms with van der Waals surface area (Å²) < 4.78 is 18.7. The van der Waals surface area contributed by atoms with Crippen LogP contribution in [0.5, 0.6) is 0 Å². The van der Waals surface area contributed by atoms with E-state index in [1.807, 2.05) is 0 Å². The molecule has 0 amide bonds. The Kier molecular flexibility index (Phi) is 4.74. The van der Waals surface area contributed by atoms with Crippen LogP contribution in [-0.2, 0) is 9.53 Å². The first-order valence-corrected chi connectivity index (χ1v) is 6.48. The van der Waals surface area contributed by atoms with Crippen LogP contribution in [0.4, 0.5) is 4.39 Å². The Hall–Kier alpha value is -1.17. The highest BCUT2D eigenvalue weighted by Gasteiger charge is 2.23. The van der Waals surface area contributed by atoms with Crippen LogP contribution in [0.1, 0.15) is 24.4 Å². The largest absolute Gasteiger partial charge is 0.480 e. The minimum atomic E-state index is -1.07. The smallest absolute Gasteiger partial charge is 0.325 e. The van der Waals surface area contributed by atoms with Gasteiger partial charge in [-0.25, -0.2) is 4.39 Å². The molecule has 1 saturated heterocycles. The predicted molar refractivity (Wildman–Crippen MR) is 68.8 cm³/mol. The van der Waals surface area contributed by atoms with Gasteiger partial charge in [-0.2, -0.15) is 0 Å². The lowest BCUT2D eigenvalue weighted by Crippen LogP contribution is -2.34. The molecule has 0 aliphatic carbocycles. The summed E-state index contributed by atoms with van der Waals surface area (Å²) in [7, 11) is 0. The van der Waals surface area contributed by atoms with Gasteiger partial charge in [-0.1, -0.05) is 11.6 Å². The molecule has 1 heterocycles. The van der Waals surface area contributed by atoms with Crippen LogP contribution in [-0.4, -0.2) is 30.3 Å². The molecule has 4 nitrogen and oxygen atoms in total. The first-order valence-electron chi connectivity index (χ1n) is 6.10. The quantitative estimate of drug-likeness (QED) is 0.873. The molecular weight excluding hydrogens is 273 g/mol. The van der Waals surface area contributed by atoms with Crippen molar-refractivity contribution in [2.24, 2.45) is 0 Å². The number of benzene rings is 1. The molecule has 2 atom stereocenters. The summed E-state index contributed by atoms with van der Waals surface area (Å²) in [5.41, 5.74) is 0.301. The van der Waals surface area contributed by atoms with E-state index in [9.17, 15) is 14.3 Å². The van der Waals surface area contributed by atoms with Crippen molar-refractivity contribution in [3.63, 3.8) is 0 Å². The number of carboxylic acid groups (broad SMARTS) is 1. The molecule has 0 spiro atoms. The zero-order valence-electron chi connectivity index (χ0n) is 10.2. The first kappa shape index (κ1) is 14.2. The number of halogens is 2. The van der Waals surface area contributed by atoms with Gasteiger partial charge in [-0.15, -0.1) is 0 Å². The Morgan fingerprint density at radius 3 is 2.95 bits per heavy atom. The average molecular weight is 288 g/mol. The third-order valence-corrected chi connectivity index (χ3v) is 3.26. The summed E-state index contributed by atoms with van der Waals surface area (Å²) in [5.74, 6) is -1.62. The van der Waals surface area contributed by atoms with Crippen molar-refractivity contribution < 1.29 is 19.0 Å². The van der Waals surface area contributed by atoms with Gasteiger partial charge >= 0.3 is 5.97 Å². The number of ether oxygens (including phenoxy) is 1. The molecule has 1 aliphatic rings. The lowest BCUT2D eigenvalue weighted by molar-refractivity contribution is -0.139. The Balaban J connectivity index is 2.07. The van der Waals surface area contributed by atoms with Crippen LogP contribution in [0, 0.1) is 5.82 Å². The highest BCUT2D eigenvalue weighted by Crippen LogP contribution is 2.21. The Bertz CT molecular complexity index is 443. The standard InChI is InChI=1S/C13H15ClFNO3/c14-9-4-8(5-10(15)6-9)12(13(17)18)16-7-11-2-1-3-19-11/h4-6,11-12,16H,1-3,7H2,(H,17,18). The Labute approximate surface area is 115 Å². The van der Waals surface area contributed by atoms with Gasteiger partial charge in [0.1, 0.15) is 11.9 Å². The van der Waals surface area contributed by atoms with Crippen LogP contribution in [0.2, 0.25) is 5.02 Å². The monoisotopic (exact) mass is 287 g/mol. The number of hydrogen-bond acceptors (Lipinski definition) is 3. The molecule has 0 aromatic heterocycles. The van der Waals surface area contributed by atoms with Crippen molar-refractivity contribution in [3.05, 3.63) is 34.6 Å². The highest BCUT2D eigenvalue weighted by molar-refractivity contribution is 6.30. The molecule has 0 bridgehead atoms. The molecule has 2 unspecified atom stereocenters. The molecule has 1 aliphatic heterocycles. The van der Waals surface area contributed by atoms with E-state index in [2.05, 4.69) is 5.32 Å². The number of carbonyl (C=O) groups is 1. The summed E-state index contributed by atoms with van der Waals surface area (Å²) in [4.78, 5) is 11.3. The third-order valence-electron chi connectivity index (χ3n) is 3.04. The fraction of sp³-hybridized carbons (Fsp3) is 0.462. The maximum atomic E-state index is 13.3. The van der Waals surface area contributed by atoms with Crippen molar-refractivity contribution >= 4 is 17.6 Å². The lowest BCUT2D eigenvalue weighted by Gasteiger charge is -2.18. The molecular formula is C13H15ClFNO3. The fourth-order valence-corrected chi connectivity index (χ4v) is 2.37. The summed E-state index contributed by atoms with van der Waals surface area (Å²) in [6, 6.07) is 2.78. The SMILES string of the molecule is O=C(O)C(NCC1CCCO1)c1cc(F)cc(Cl)c1. The maximum Gasteiger partial charge on any atom is 0.325 e. The van der Waals surface area contributed by atoms with E-state index >= 15 is 0 Å². The molecule has 1 aromatic rings. The Morgan fingerprint density at radius 2 is 2.37 bits per heavy atom. The van der Waals surface area contributed by atoms with E-state index in [0.29, 0.717) is 18.7 Å². The maximum absolute atomic E-state index is 13.3. The van der Waals surface area contributed by atoms with Crippen LogP contribution in [0.25, 0.3) is 0 Å². The van der Waals surface area contributed by atoms with Crippen LogP contribution >= 0.6 is 11.6 Å². The number of carboxylic acids is 1. The van der Waals surface area contributed by atoms with E-state index in [1.165, 1.54) is 12.1 Å². The molecule has 0 saturated carbocycles. The molecule has 2 rings (SSSR count). The molecule has 0 radical (unpaired) electrons. The topological polar surface area (TPSA) is 58.6 Å². The van der Waals surface area contributed by atoms with Gasteiger partial charge in [0.2, 0.25) is 0 Å². The van der Waals surface area contributed by atoms with Crippen molar-refractivity contribution in [3.8, 4) is 0 Å². The highest BCUT2D eigenvalue weighted by atomic mass is 35.5. The third kappa shape index (κ3) is 3.89. The predicted octanol–water partition coefficient (Wildman–Crippen LogP) is 2.37. The molecule has 6 heteroatoms. The summed E-state index contributed by atoms with van der Waals surface area (Å²) in [6.07, 6.45) is 1.91. The van der Waals surface area contributed by atoms with E-state index in [4.69, 9.17) is 16.3 Å². The Morgan fingerprint density at radius 1 is 1.58 bits per heavy atom. The lowest BCUT2D eigenvalue weighted by atomic mass is 10.1. The van der Waals surface area contributed by atoms with Crippen molar-refractivity contribution in [1.29, 1.82) is 0 Å². The number of aliphatic carboxylic acids is 1. The van der Waals surface area contributed by atoms with E-state index in [0.717, 1.165) is 18.9 Å². The molecule has 1 fully saturated rings. The number of hydrogen-bond donors (Lipinski definition) is 2. The second-order valence-electron chi connectivity index (χ2n) is 4.52. The van der Waals surface area contributed by atoms with Gasteiger partial charge in [0.15, 0.2) is 0 Å². The second-order valence-corrected chi connectivity index (χ2v) is 4.95. The van der Waals surface area contributed by atoms with Crippen LogP contribution in [0.15, 0.2) is 18.2 Å². The summed E-state index contributed by atoms with van der Waals surface area (Å²) in [6.45, 7) is 1.13. The van der Waals surface area contributed by atoms with Crippen molar-refractivity contribution in [2.75, 3.05) is 13.2 Å². The van der Waals surface area contributed by atoms with E-state index < -0.39 is 17.8 Å². The second kappa shape index (κ2) is 6.32. The van der Waals surface area contributed by atoms with Gasteiger partial charge in [0.25, 0.3) is 0 Å². The molecule has 1 aromatic carbocycles. The average Bonchev–Trinajstić information content (AvgIpc) is 2.80. The number of rotatable bonds is 5. The fourth-order valence-electron chi connectivity index (χ4n) is 2.14. The van der Waals surface area contributed by atoms with Gasteiger partial charge < -0.3 is 9.84 Å². The van der Waals surface area contributed by atoms with E-state index in [-0.39, 0.29) is 11.1 Å². The zero-order chi connectivity index (χ0) is 13.8.